The van der Waals surface area contributed by atoms with Crippen molar-refractivity contribution in [3.05, 3.63) is 29.7 Å². The highest BCUT2D eigenvalue weighted by atomic mass is 35.5. The molecule has 0 saturated heterocycles. The highest BCUT2D eigenvalue weighted by Gasteiger charge is 2.24. The minimum Gasteiger partial charge on any atom is -0.114 e. The summed E-state index contributed by atoms with van der Waals surface area (Å²) < 4.78 is 0. The molecule has 1 aliphatic carbocycles. The maximum atomic E-state index is 6.09. The maximum absolute atomic E-state index is 6.09. The zero-order valence-electron chi connectivity index (χ0n) is 5.77. The fourth-order valence-electron chi connectivity index (χ4n) is 0.845. The third kappa shape index (κ3) is 1.77. The van der Waals surface area contributed by atoms with E-state index in [0.717, 1.165) is 11.5 Å². The second kappa shape index (κ2) is 2.98. The van der Waals surface area contributed by atoms with E-state index in [1.165, 1.54) is 0 Å². The average molecular weight is 176 g/mol. The first-order chi connectivity index (χ1) is 4.66. The molecule has 1 rings (SSSR count). The molecule has 1 aliphatic rings. The van der Waals surface area contributed by atoms with Gasteiger partial charge in [-0.05, 0) is 12.5 Å². The van der Waals surface area contributed by atoms with Crippen LogP contribution in [0.1, 0.15) is 13.3 Å². The van der Waals surface area contributed by atoms with E-state index in [-0.39, 0.29) is 4.87 Å². The van der Waals surface area contributed by atoms with Gasteiger partial charge in [-0.3, -0.25) is 0 Å². The van der Waals surface area contributed by atoms with E-state index in [0.29, 0.717) is 0 Å². The second-order valence-electron chi connectivity index (χ2n) is 2.34. The standard InChI is InChI=1S/C8H9Cl2/c1-2-8(10)5-3-4-7(9)6-8/h3-6H,2H2,1H3. The van der Waals surface area contributed by atoms with Gasteiger partial charge in [0.1, 0.15) is 0 Å². The molecule has 0 bridgehead atoms. The van der Waals surface area contributed by atoms with Crippen LogP contribution in [0.3, 0.4) is 0 Å². The van der Waals surface area contributed by atoms with Crippen molar-refractivity contribution in [2.75, 3.05) is 0 Å². The molecule has 0 N–H and O–H groups in total. The normalized spacial score (nSPS) is 32.1. The lowest BCUT2D eigenvalue weighted by atomic mass is 9.97. The van der Waals surface area contributed by atoms with E-state index in [1.54, 1.807) is 0 Å². The molecule has 10 heavy (non-hydrogen) atoms. The lowest BCUT2D eigenvalue weighted by Gasteiger charge is -2.22. The SMILES string of the molecule is CCC1(Cl)[CH]C(Cl)=CC=C1. The lowest BCUT2D eigenvalue weighted by molar-refractivity contribution is 0.772. The third-order valence-electron chi connectivity index (χ3n) is 1.55. The Kier molecular flexibility index (Phi) is 2.43. The smallest absolute Gasteiger partial charge is 0.0710 e. The molecule has 0 saturated carbocycles. The average Bonchev–Trinajstić information content (AvgIpc) is 1.88. The van der Waals surface area contributed by atoms with Gasteiger partial charge in [-0.15, -0.1) is 11.6 Å². The molecule has 0 fully saturated rings. The monoisotopic (exact) mass is 175 g/mol. The Hall–Kier alpha value is 0.0600. The summed E-state index contributed by atoms with van der Waals surface area (Å²) in [5, 5.41) is 0.722. The number of allylic oxidation sites excluding steroid dienone is 4. The Morgan fingerprint density at radius 3 is 2.70 bits per heavy atom. The van der Waals surface area contributed by atoms with Crippen LogP contribution in [0.5, 0.6) is 0 Å². The molecule has 1 atom stereocenters. The summed E-state index contributed by atoms with van der Waals surface area (Å²) in [6.45, 7) is 2.03. The molecule has 0 heterocycles. The molecule has 0 aliphatic heterocycles. The van der Waals surface area contributed by atoms with Crippen LogP contribution in [0.15, 0.2) is 23.3 Å². The number of rotatable bonds is 1. The van der Waals surface area contributed by atoms with Crippen LogP contribution in [0.25, 0.3) is 0 Å². The van der Waals surface area contributed by atoms with Crippen molar-refractivity contribution in [3.8, 4) is 0 Å². The molecular weight excluding hydrogens is 167 g/mol. The van der Waals surface area contributed by atoms with Crippen LogP contribution in [0.2, 0.25) is 0 Å². The Balaban J connectivity index is 2.71. The molecule has 0 amide bonds. The molecule has 55 valence electrons. The fourth-order valence-corrected chi connectivity index (χ4v) is 1.36. The first-order valence-electron chi connectivity index (χ1n) is 3.26. The molecule has 2 heteroatoms. The van der Waals surface area contributed by atoms with Gasteiger partial charge in [0, 0.05) is 11.5 Å². The summed E-state index contributed by atoms with van der Waals surface area (Å²) in [5.41, 5.74) is 0. The van der Waals surface area contributed by atoms with Gasteiger partial charge in [-0.1, -0.05) is 30.7 Å². The van der Waals surface area contributed by atoms with E-state index >= 15 is 0 Å². The summed E-state index contributed by atoms with van der Waals surface area (Å²) in [7, 11) is 0. The van der Waals surface area contributed by atoms with Gasteiger partial charge in [0.15, 0.2) is 0 Å². The minimum absolute atomic E-state index is 0.341. The molecule has 1 radical (unpaired) electrons. The summed E-state index contributed by atoms with van der Waals surface area (Å²) in [6, 6.07) is 0. The van der Waals surface area contributed by atoms with Crippen LogP contribution in [-0.4, -0.2) is 4.87 Å². The van der Waals surface area contributed by atoms with Crippen molar-refractivity contribution in [1.29, 1.82) is 0 Å². The first kappa shape index (κ1) is 8.16. The van der Waals surface area contributed by atoms with Gasteiger partial charge < -0.3 is 0 Å². The zero-order chi connectivity index (χ0) is 7.61. The van der Waals surface area contributed by atoms with Gasteiger partial charge in [0.25, 0.3) is 0 Å². The maximum Gasteiger partial charge on any atom is 0.0710 e. The first-order valence-corrected chi connectivity index (χ1v) is 4.02. The summed E-state index contributed by atoms with van der Waals surface area (Å²) in [5.74, 6) is 0. The molecule has 1 unspecified atom stereocenters. The van der Waals surface area contributed by atoms with Crippen LogP contribution >= 0.6 is 23.2 Å². The van der Waals surface area contributed by atoms with Crippen molar-refractivity contribution in [2.45, 2.75) is 18.2 Å². The van der Waals surface area contributed by atoms with Gasteiger partial charge in [-0.2, -0.15) is 0 Å². The number of halogens is 2. The van der Waals surface area contributed by atoms with Crippen molar-refractivity contribution in [2.24, 2.45) is 0 Å². The van der Waals surface area contributed by atoms with Crippen molar-refractivity contribution < 1.29 is 0 Å². The second-order valence-corrected chi connectivity index (χ2v) is 3.48. The molecule has 0 aromatic heterocycles. The van der Waals surface area contributed by atoms with Crippen LogP contribution in [-0.2, 0) is 0 Å². The predicted octanol–water partition coefficient (Wildman–Crippen LogP) is 3.27. The quantitative estimate of drug-likeness (QED) is 0.538. The topological polar surface area (TPSA) is 0 Å². The highest BCUT2D eigenvalue weighted by Crippen LogP contribution is 2.32. The molecule has 0 aromatic carbocycles. The number of alkyl halides is 1. The van der Waals surface area contributed by atoms with Crippen LogP contribution in [0, 0.1) is 6.42 Å². The van der Waals surface area contributed by atoms with Crippen molar-refractivity contribution >= 4 is 23.2 Å². The fraction of sp³-hybridized carbons (Fsp3) is 0.375. The van der Waals surface area contributed by atoms with Crippen molar-refractivity contribution in [3.63, 3.8) is 0 Å². The van der Waals surface area contributed by atoms with E-state index in [2.05, 4.69) is 0 Å². The Morgan fingerprint density at radius 2 is 2.30 bits per heavy atom. The number of hydrogen-bond donors (Lipinski definition) is 0. The Labute approximate surface area is 71.5 Å². The largest absolute Gasteiger partial charge is 0.114 e. The van der Waals surface area contributed by atoms with E-state index < -0.39 is 0 Å². The molecular formula is C8H9Cl2. The van der Waals surface area contributed by atoms with E-state index in [4.69, 9.17) is 23.2 Å². The molecule has 0 spiro atoms. The van der Waals surface area contributed by atoms with Gasteiger partial charge in [-0.25, -0.2) is 0 Å². The van der Waals surface area contributed by atoms with Gasteiger partial charge >= 0.3 is 0 Å². The van der Waals surface area contributed by atoms with Gasteiger partial charge in [0.2, 0.25) is 0 Å². The lowest BCUT2D eigenvalue weighted by Crippen LogP contribution is -2.19. The molecule has 0 aromatic rings. The Bertz CT molecular complexity index is 182. The van der Waals surface area contributed by atoms with Crippen molar-refractivity contribution in [1.82, 2.24) is 0 Å². The van der Waals surface area contributed by atoms with Gasteiger partial charge in [0.05, 0.1) is 4.87 Å². The van der Waals surface area contributed by atoms with E-state index in [1.807, 2.05) is 31.6 Å². The third-order valence-corrected chi connectivity index (χ3v) is 2.29. The van der Waals surface area contributed by atoms with Crippen LogP contribution in [0.4, 0.5) is 0 Å². The minimum atomic E-state index is -0.341. The van der Waals surface area contributed by atoms with Crippen LogP contribution < -0.4 is 0 Å². The summed E-state index contributed by atoms with van der Waals surface area (Å²) in [4.78, 5) is -0.341. The summed E-state index contributed by atoms with van der Waals surface area (Å²) >= 11 is 11.8. The number of hydrogen-bond acceptors (Lipinski definition) is 0. The predicted molar refractivity (Wildman–Crippen MR) is 46.3 cm³/mol. The zero-order valence-corrected chi connectivity index (χ0v) is 7.28. The highest BCUT2D eigenvalue weighted by molar-refractivity contribution is 6.34. The molecule has 0 nitrogen and oxygen atoms in total. The summed E-state index contributed by atoms with van der Waals surface area (Å²) in [6.07, 6.45) is 8.39. The Morgan fingerprint density at radius 1 is 1.60 bits per heavy atom. The van der Waals surface area contributed by atoms with E-state index in [9.17, 15) is 0 Å².